The van der Waals surface area contributed by atoms with Crippen molar-refractivity contribution in [3.8, 4) is 17.2 Å². The number of aromatic nitrogens is 2. The van der Waals surface area contributed by atoms with Crippen LogP contribution in [0, 0.1) is 0 Å². The third kappa shape index (κ3) is 3.60. The molecule has 1 amide bonds. The smallest absolute Gasteiger partial charge is 0.396 e. The molecule has 0 aliphatic carbocycles. The van der Waals surface area contributed by atoms with Gasteiger partial charge in [-0.2, -0.15) is 0 Å². The van der Waals surface area contributed by atoms with E-state index in [9.17, 15) is 9.59 Å². The first-order valence-corrected chi connectivity index (χ1v) is 6.56. The van der Waals surface area contributed by atoms with Crippen LogP contribution < -0.4 is 10.1 Å². The van der Waals surface area contributed by atoms with Crippen LogP contribution in [-0.2, 0) is 20.9 Å². The summed E-state index contributed by atoms with van der Waals surface area (Å²) in [4.78, 5) is 22.5. The Morgan fingerprint density at radius 2 is 2.05 bits per heavy atom. The van der Waals surface area contributed by atoms with Gasteiger partial charge in [-0.1, -0.05) is 12.1 Å². The number of hydrogen-bond acceptors (Lipinski definition) is 7. The van der Waals surface area contributed by atoms with Gasteiger partial charge in [-0.3, -0.25) is 4.79 Å². The molecule has 0 fully saturated rings. The van der Waals surface area contributed by atoms with E-state index >= 15 is 0 Å². The topological polar surface area (TPSA) is 104 Å². The highest BCUT2D eigenvalue weighted by Crippen LogP contribution is 2.28. The van der Waals surface area contributed by atoms with Crippen molar-refractivity contribution in [1.82, 2.24) is 15.5 Å². The van der Waals surface area contributed by atoms with Gasteiger partial charge in [-0.25, -0.2) is 4.79 Å². The number of nitrogens with one attached hydrogen (secondary N) is 1. The van der Waals surface area contributed by atoms with E-state index in [1.54, 1.807) is 19.1 Å². The molecule has 8 nitrogen and oxygen atoms in total. The van der Waals surface area contributed by atoms with E-state index in [-0.39, 0.29) is 24.9 Å². The number of nitrogens with zero attached hydrogens (tertiary/aromatic N) is 2. The van der Waals surface area contributed by atoms with Crippen molar-refractivity contribution in [2.24, 2.45) is 0 Å². The van der Waals surface area contributed by atoms with Gasteiger partial charge in [-0.05, 0) is 19.1 Å². The highest BCUT2D eigenvalue weighted by Gasteiger charge is 2.17. The van der Waals surface area contributed by atoms with Gasteiger partial charge >= 0.3 is 11.9 Å². The second-order valence-corrected chi connectivity index (χ2v) is 4.10. The third-order valence-corrected chi connectivity index (χ3v) is 2.67. The normalized spacial score (nSPS) is 10.1. The predicted molar refractivity (Wildman–Crippen MR) is 74.8 cm³/mol. The van der Waals surface area contributed by atoms with Crippen molar-refractivity contribution in [2.45, 2.75) is 13.5 Å². The summed E-state index contributed by atoms with van der Waals surface area (Å²) in [5.74, 6) is -0.796. The summed E-state index contributed by atoms with van der Waals surface area (Å²) in [6.45, 7) is 1.67. The maximum Gasteiger partial charge on any atom is 0.396 e. The molecule has 8 heteroatoms. The van der Waals surface area contributed by atoms with Crippen LogP contribution in [-0.4, -0.2) is 35.8 Å². The molecular formula is C14H15N3O5. The van der Waals surface area contributed by atoms with Gasteiger partial charge in [0.1, 0.15) is 5.75 Å². The van der Waals surface area contributed by atoms with Crippen LogP contribution in [0.15, 0.2) is 28.7 Å². The lowest BCUT2D eigenvalue weighted by Gasteiger charge is -2.03. The first-order chi connectivity index (χ1) is 10.7. The second kappa shape index (κ2) is 7.21. The zero-order chi connectivity index (χ0) is 15.9. The van der Waals surface area contributed by atoms with E-state index in [4.69, 9.17) is 9.15 Å². The Bertz CT molecular complexity index is 668. The van der Waals surface area contributed by atoms with Gasteiger partial charge in [-0.15, -0.1) is 10.2 Å². The van der Waals surface area contributed by atoms with Gasteiger partial charge < -0.3 is 19.2 Å². The minimum absolute atomic E-state index is 0.0696. The fraction of sp³-hybridized carbons (Fsp3) is 0.286. The minimum atomic E-state index is -0.952. The number of carbonyl (C=O) groups excluding carboxylic acids is 2. The fourth-order valence-electron chi connectivity index (χ4n) is 1.68. The Morgan fingerprint density at radius 1 is 1.27 bits per heavy atom. The highest BCUT2D eigenvalue weighted by molar-refractivity contribution is 6.32. The second-order valence-electron chi connectivity index (χ2n) is 4.10. The molecule has 0 unspecified atom stereocenters. The molecule has 0 saturated heterocycles. The molecule has 1 N–H and O–H groups in total. The Hall–Kier alpha value is -2.90. The summed E-state index contributed by atoms with van der Waals surface area (Å²) in [7, 11) is 1.54. The molecule has 2 rings (SSSR count). The zero-order valence-corrected chi connectivity index (χ0v) is 12.2. The van der Waals surface area contributed by atoms with Crippen LogP contribution in [0.4, 0.5) is 0 Å². The molecule has 0 atom stereocenters. The van der Waals surface area contributed by atoms with Crippen molar-refractivity contribution in [1.29, 1.82) is 0 Å². The average Bonchev–Trinajstić information content (AvgIpc) is 3.01. The number of ether oxygens (including phenoxy) is 2. The summed E-state index contributed by atoms with van der Waals surface area (Å²) in [6.07, 6.45) is 0. The Balaban J connectivity index is 2.03. The monoisotopic (exact) mass is 305 g/mol. The lowest BCUT2D eigenvalue weighted by molar-refractivity contribution is -0.154. The summed E-state index contributed by atoms with van der Waals surface area (Å²) in [6, 6.07) is 7.17. The Labute approximate surface area is 126 Å². The maximum atomic E-state index is 11.4. The van der Waals surface area contributed by atoms with E-state index in [0.717, 1.165) is 0 Å². The molecule has 2 aromatic rings. The van der Waals surface area contributed by atoms with Crippen LogP contribution in [0.1, 0.15) is 12.8 Å². The number of para-hydroxylation sites is 1. The molecular weight excluding hydrogens is 290 g/mol. The molecule has 0 aliphatic heterocycles. The largest absolute Gasteiger partial charge is 0.496 e. The number of carbonyl (C=O) groups is 2. The van der Waals surface area contributed by atoms with Crippen LogP contribution in [0.5, 0.6) is 5.75 Å². The van der Waals surface area contributed by atoms with E-state index in [0.29, 0.717) is 11.3 Å². The Kier molecular flexibility index (Phi) is 5.07. The van der Waals surface area contributed by atoms with E-state index in [1.165, 1.54) is 7.11 Å². The summed E-state index contributed by atoms with van der Waals surface area (Å²) < 4.78 is 15.2. The number of methoxy groups -OCH3 is 1. The van der Waals surface area contributed by atoms with E-state index in [1.807, 2.05) is 12.1 Å². The maximum absolute atomic E-state index is 11.4. The van der Waals surface area contributed by atoms with Crippen molar-refractivity contribution in [3.05, 3.63) is 30.2 Å². The van der Waals surface area contributed by atoms with E-state index in [2.05, 4.69) is 20.3 Å². The van der Waals surface area contributed by atoms with Crippen molar-refractivity contribution in [2.75, 3.05) is 13.7 Å². The first-order valence-electron chi connectivity index (χ1n) is 6.56. The summed E-state index contributed by atoms with van der Waals surface area (Å²) in [5.41, 5.74) is 0.639. The summed E-state index contributed by atoms with van der Waals surface area (Å²) >= 11 is 0. The predicted octanol–water partition coefficient (Wildman–Crippen LogP) is 0.924. The number of esters is 1. The number of amides is 1. The number of rotatable bonds is 5. The molecule has 0 saturated carbocycles. The quantitative estimate of drug-likeness (QED) is 0.647. The highest BCUT2D eigenvalue weighted by atomic mass is 16.5. The molecule has 0 aliphatic rings. The van der Waals surface area contributed by atoms with Crippen LogP contribution in [0.2, 0.25) is 0 Å². The van der Waals surface area contributed by atoms with Crippen molar-refractivity contribution < 1.29 is 23.5 Å². The molecule has 0 bridgehead atoms. The number of benzene rings is 1. The minimum Gasteiger partial charge on any atom is -0.496 e. The van der Waals surface area contributed by atoms with Crippen molar-refractivity contribution >= 4 is 11.9 Å². The van der Waals surface area contributed by atoms with Gasteiger partial charge in [0, 0.05) is 0 Å². The fourth-order valence-corrected chi connectivity index (χ4v) is 1.68. The van der Waals surface area contributed by atoms with Crippen LogP contribution in [0.25, 0.3) is 11.5 Å². The van der Waals surface area contributed by atoms with Gasteiger partial charge in [0.05, 0.1) is 25.8 Å². The molecule has 0 spiro atoms. The standard InChI is InChI=1S/C14H15N3O5/c1-3-21-14(19)12(18)15-8-11-16-17-13(22-11)9-6-4-5-7-10(9)20-2/h4-7H,3,8H2,1-2H3,(H,15,18). The van der Waals surface area contributed by atoms with Gasteiger partial charge in [0.25, 0.3) is 5.89 Å². The van der Waals surface area contributed by atoms with E-state index < -0.39 is 11.9 Å². The van der Waals surface area contributed by atoms with Gasteiger partial charge in [0.15, 0.2) is 0 Å². The molecule has 1 aromatic heterocycles. The zero-order valence-electron chi connectivity index (χ0n) is 12.2. The molecule has 116 valence electrons. The number of hydrogen-bond donors (Lipinski definition) is 1. The molecule has 22 heavy (non-hydrogen) atoms. The van der Waals surface area contributed by atoms with Crippen molar-refractivity contribution in [3.63, 3.8) is 0 Å². The molecule has 1 aromatic carbocycles. The van der Waals surface area contributed by atoms with Gasteiger partial charge in [0.2, 0.25) is 5.89 Å². The average molecular weight is 305 g/mol. The van der Waals surface area contributed by atoms with Crippen LogP contribution >= 0.6 is 0 Å². The van der Waals surface area contributed by atoms with Crippen LogP contribution in [0.3, 0.4) is 0 Å². The lowest BCUT2D eigenvalue weighted by Crippen LogP contribution is -2.32. The molecule has 0 radical (unpaired) electrons. The summed E-state index contributed by atoms with van der Waals surface area (Å²) in [5, 5.41) is 10.0. The first kappa shape index (κ1) is 15.5. The SMILES string of the molecule is CCOC(=O)C(=O)NCc1nnc(-c2ccccc2OC)o1. The Morgan fingerprint density at radius 3 is 2.77 bits per heavy atom. The lowest BCUT2D eigenvalue weighted by atomic mass is 10.2. The third-order valence-electron chi connectivity index (χ3n) is 2.67. The molecule has 1 heterocycles.